The topological polar surface area (TPSA) is 64.6 Å². The average Bonchev–Trinajstić information content (AvgIpc) is 2.24. The third kappa shape index (κ3) is 4.52. The number of nitrogens with one attached hydrogen (secondary N) is 1. The maximum Gasteiger partial charge on any atom is 0.405 e. The van der Waals surface area contributed by atoms with Gasteiger partial charge in [0, 0.05) is 0 Å². The summed E-state index contributed by atoms with van der Waals surface area (Å²) in [6.07, 6.45) is -4.76. The lowest BCUT2D eigenvalue weighted by atomic mass is 9.99. The maximum atomic E-state index is 12.7. The van der Waals surface area contributed by atoms with Gasteiger partial charge in [-0.3, -0.25) is 9.59 Å². The van der Waals surface area contributed by atoms with Crippen LogP contribution in [-0.2, 0) is 19.1 Å². The molecular weight excluding hydrogens is 255 g/mol. The van der Waals surface area contributed by atoms with Crippen LogP contribution in [0, 0.1) is 5.92 Å². The molecule has 0 aliphatic heterocycles. The van der Waals surface area contributed by atoms with Crippen LogP contribution in [0.1, 0.15) is 13.8 Å². The van der Waals surface area contributed by atoms with Crippen molar-refractivity contribution in [2.24, 2.45) is 5.92 Å². The minimum atomic E-state index is -4.76. The van der Waals surface area contributed by atoms with Gasteiger partial charge in [0.05, 0.1) is 13.2 Å². The first-order valence-electron chi connectivity index (χ1n) is 5.36. The summed E-state index contributed by atoms with van der Waals surface area (Å²) in [7, 11) is 1.00. The molecule has 1 atom stereocenters. The molecule has 0 aromatic rings. The fraction of sp³-hybridized carbons (Fsp3) is 0.800. The highest BCUT2D eigenvalue weighted by Crippen LogP contribution is 2.27. The number of carbonyl (C=O) groups is 2. The monoisotopic (exact) mass is 271 g/mol. The van der Waals surface area contributed by atoms with E-state index in [1.165, 1.54) is 13.8 Å². The molecule has 18 heavy (non-hydrogen) atoms. The average molecular weight is 271 g/mol. The summed E-state index contributed by atoms with van der Waals surface area (Å²) in [4.78, 5) is 22.9. The largest absolute Gasteiger partial charge is 0.465 e. The molecule has 0 aliphatic carbocycles. The Morgan fingerprint density at radius 2 is 1.50 bits per heavy atom. The molecule has 0 radical (unpaired) electrons. The fourth-order valence-electron chi connectivity index (χ4n) is 1.35. The first-order valence-corrected chi connectivity index (χ1v) is 5.36. The molecule has 0 fully saturated rings. The Labute approximate surface area is 103 Å². The van der Waals surface area contributed by atoms with Crippen LogP contribution in [0.15, 0.2) is 0 Å². The van der Waals surface area contributed by atoms with Gasteiger partial charge in [0.15, 0.2) is 5.92 Å². The van der Waals surface area contributed by atoms with Crippen molar-refractivity contribution in [3.8, 4) is 0 Å². The molecule has 1 N–H and O–H groups in total. The van der Waals surface area contributed by atoms with Crippen LogP contribution in [0.5, 0.6) is 0 Å². The SMILES string of the molecule is CCOC(=O)C(C(=O)OCC)C(NC)C(F)(F)F. The Morgan fingerprint density at radius 3 is 1.72 bits per heavy atom. The summed E-state index contributed by atoms with van der Waals surface area (Å²) in [5, 5.41) is 1.89. The second kappa shape index (κ2) is 7.20. The molecular formula is C10H16F3NO4. The molecule has 5 nitrogen and oxygen atoms in total. The first-order chi connectivity index (χ1) is 8.29. The Bertz CT molecular complexity index is 275. The van der Waals surface area contributed by atoms with Gasteiger partial charge >= 0.3 is 18.1 Å². The number of alkyl halides is 3. The van der Waals surface area contributed by atoms with Crippen LogP contribution in [0.3, 0.4) is 0 Å². The van der Waals surface area contributed by atoms with Crippen molar-refractivity contribution in [1.29, 1.82) is 0 Å². The predicted octanol–water partition coefficient (Wildman–Crippen LogP) is 0.879. The van der Waals surface area contributed by atoms with Crippen molar-refractivity contribution >= 4 is 11.9 Å². The third-order valence-corrected chi connectivity index (χ3v) is 2.08. The summed E-state index contributed by atoms with van der Waals surface area (Å²) in [5.74, 6) is -4.57. The van der Waals surface area contributed by atoms with Gasteiger partial charge in [0.25, 0.3) is 0 Å². The summed E-state index contributed by atoms with van der Waals surface area (Å²) < 4.78 is 47.0. The van der Waals surface area contributed by atoms with Crippen molar-refractivity contribution in [1.82, 2.24) is 5.32 Å². The quantitative estimate of drug-likeness (QED) is 0.574. The molecule has 1 unspecified atom stereocenters. The smallest absolute Gasteiger partial charge is 0.405 e. The number of halogens is 3. The summed E-state index contributed by atoms with van der Waals surface area (Å²) in [6, 6.07) is -2.34. The number of ether oxygens (including phenoxy) is 2. The van der Waals surface area contributed by atoms with Crippen LogP contribution in [-0.4, -0.2) is 44.4 Å². The molecule has 0 spiro atoms. The number of carbonyl (C=O) groups excluding carboxylic acids is 2. The maximum absolute atomic E-state index is 12.7. The zero-order valence-corrected chi connectivity index (χ0v) is 10.3. The van der Waals surface area contributed by atoms with E-state index < -0.39 is 30.1 Å². The molecule has 0 aromatic carbocycles. The highest BCUT2D eigenvalue weighted by Gasteiger charge is 2.51. The molecule has 8 heteroatoms. The van der Waals surface area contributed by atoms with Gasteiger partial charge in [0.2, 0.25) is 0 Å². The van der Waals surface area contributed by atoms with E-state index in [0.717, 1.165) is 7.05 Å². The number of rotatable bonds is 6. The predicted molar refractivity (Wildman–Crippen MR) is 55.7 cm³/mol. The van der Waals surface area contributed by atoms with Gasteiger partial charge < -0.3 is 14.8 Å². The zero-order chi connectivity index (χ0) is 14.3. The van der Waals surface area contributed by atoms with Gasteiger partial charge in [0.1, 0.15) is 6.04 Å². The Kier molecular flexibility index (Phi) is 6.67. The molecule has 0 rings (SSSR count). The van der Waals surface area contributed by atoms with Crippen LogP contribution in [0.2, 0.25) is 0 Å². The normalized spacial score (nSPS) is 13.3. The lowest BCUT2D eigenvalue weighted by Gasteiger charge is -2.25. The molecule has 0 saturated heterocycles. The van der Waals surface area contributed by atoms with E-state index in [9.17, 15) is 22.8 Å². The van der Waals surface area contributed by atoms with Crippen LogP contribution in [0.4, 0.5) is 13.2 Å². The van der Waals surface area contributed by atoms with Gasteiger partial charge in [-0.1, -0.05) is 0 Å². The minimum absolute atomic E-state index is 0.122. The zero-order valence-electron chi connectivity index (χ0n) is 10.3. The third-order valence-electron chi connectivity index (χ3n) is 2.08. The summed E-state index contributed by atoms with van der Waals surface area (Å²) >= 11 is 0. The Balaban J connectivity index is 5.17. The highest BCUT2D eigenvalue weighted by atomic mass is 19.4. The van der Waals surface area contributed by atoms with E-state index in [2.05, 4.69) is 9.47 Å². The molecule has 0 saturated carbocycles. The molecule has 106 valence electrons. The van der Waals surface area contributed by atoms with E-state index in [1.54, 1.807) is 0 Å². The van der Waals surface area contributed by atoms with E-state index in [1.807, 2.05) is 5.32 Å². The van der Waals surface area contributed by atoms with Gasteiger partial charge in [-0.2, -0.15) is 13.2 Å². The number of hydrogen-bond donors (Lipinski definition) is 1. The van der Waals surface area contributed by atoms with Crippen LogP contribution >= 0.6 is 0 Å². The van der Waals surface area contributed by atoms with Crippen molar-refractivity contribution in [2.75, 3.05) is 20.3 Å². The summed E-state index contributed by atoms with van der Waals surface area (Å²) in [6.45, 7) is 2.62. The molecule has 0 heterocycles. The Morgan fingerprint density at radius 1 is 1.11 bits per heavy atom. The van der Waals surface area contributed by atoms with Gasteiger partial charge in [-0.25, -0.2) is 0 Å². The summed E-state index contributed by atoms with van der Waals surface area (Å²) in [5.41, 5.74) is 0. The first kappa shape index (κ1) is 16.7. The lowest BCUT2D eigenvalue weighted by Crippen LogP contribution is -2.52. The van der Waals surface area contributed by atoms with Gasteiger partial charge in [-0.05, 0) is 20.9 Å². The molecule has 0 aliphatic rings. The standard InChI is InChI=1S/C10H16F3NO4/c1-4-17-8(15)6(9(16)18-5-2)7(14-3)10(11,12)13/h6-7,14H,4-5H2,1-3H3. The lowest BCUT2D eigenvalue weighted by molar-refractivity contribution is -0.191. The Hall–Kier alpha value is -1.31. The second-order valence-electron chi connectivity index (χ2n) is 3.29. The molecule has 0 aromatic heterocycles. The van der Waals surface area contributed by atoms with Crippen LogP contribution in [0.25, 0.3) is 0 Å². The van der Waals surface area contributed by atoms with Crippen molar-refractivity contribution in [3.05, 3.63) is 0 Å². The van der Waals surface area contributed by atoms with E-state index in [4.69, 9.17) is 0 Å². The molecule has 0 amide bonds. The van der Waals surface area contributed by atoms with Crippen molar-refractivity contribution in [2.45, 2.75) is 26.1 Å². The van der Waals surface area contributed by atoms with E-state index in [0.29, 0.717) is 0 Å². The molecule has 0 bridgehead atoms. The van der Waals surface area contributed by atoms with Gasteiger partial charge in [-0.15, -0.1) is 0 Å². The van der Waals surface area contributed by atoms with Crippen molar-refractivity contribution in [3.63, 3.8) is 0 Å². The van der Waals surface area contributed by atoms with E-state index in [-0.39, 0.29) is 13.2 Å². The van der Waals surface area contributed by atoms with E-state index >= 15 is 0 Å². The van der Waals surface area contributed by atoms with Crippen molar-refractivity contribution < 1.29 is 32.2 Å². The second-order valence-corrected chi connectivity index (χ2v) is 3.29. The minimum Gasteiger partial charge on any atom is -0.465 e. The fourth-order valence-corrected chi connectivity index (χ4v) is 1.35. The van der Waals surface area contributed by atoms with Crippen LogP contribution < -0.4 is 5.32 Å². The number of esters is 2. The number of hydrogen-bond acceptors (Lipinski definition) is 5. The highest BCUT2D eigenvalue weighted by molar-refractivity contribution is 5.96.